The van der Waals surface area contributed by atoms with Crippen molar-refractivity contribution < 1.29 is 4.74 Å². The fourth-order valence-corrected chi connectivity index (χ4v) is 2.44. The summed E-state index contributed by atoms with van der Waals surface area (Å²) < 4.78 is 5.25. The molecule has 1 saturated heterocycles. The molecule has 0 unspecified atom stereocenters. The van der Waals surface area contributed by atoms with E-state index in [9.17, 15) is 10.5 Å². The molecule has 0 aliphatic carbocycles. The van der Waals surface area contributed by atoms with Crippen LogP contribution in [-0.2, 0) is 4.74 Å². The van der Waals surface area contributed by atoms with E-state index in [4.69, 9.17) is 4.74 Å². The molecule has 5 nitrogen and oxygen atoms in total. The Morgan fingerprint density at radius 1 is 1.38 bits per heavy atom. The Morgan fingerprint density at radius 3 is 2.57 bits per heavy atom. The zero-order valence-electron chi connectivity index (χ0n) is 13.4. The number of rotatable bonds is 5. The molecule has 1 fully saturated rings. The second kappa shape index (κ2) is 8.34. The van der Waals surface area contributed by atoms with Crippen LogP contribution in [0.15, 0.2) is 23.0 Å². The van der Waals surface area contributed by atoms with Gasteiger partial charge >= 0.3 is 0 Å². The molecule has 0 radical (unpaired) electrons. The van der Waals surface area contributed by atoms with Gasteiger partial charge in [-0.3, -0.25) is 0 Å². The number of piperidine rings is 1. The van der Waals surface area contributed by atoms with E-state index in [1.54, 1.807) is 7.11 Å². The highest BCUT2D eigenvalue weighted by molar-refractivity contribution is 5.44. The van der Waals surface area contributed by atoms with E-state index in [1.807, 2.05) is 44.1 Å². The third-order valence-electron chi connectivity index (χ3n) is 3.79. The van der Waals surface area contributed by atoms with Crippen LogP contribution in [0, 0.1) is 28.6 Å². The summed E-state index contributed by atoms with van der Waals surface area (Å²) in [6, 6.07) is 4.05. The number of nitrogens with zero attached hydrogens (tertiary/aromatic N) is 4. The highest BCUT2D eigenvalue weighted by Gasteiger charge is 2.23. The predicted molar refractivity (Wildman–Crippen MR) is 81.9 cm³/mol. The van der Waals surface area contributed by atoms with Gasteiger partial charge in [0.2, 0.25) is 0 Å². The molecule has 0 N–H and O–H groups in total. The minimum Gasteiger partial charge on any atom is -0.384 e. The van der Waals surface area contributed by atoms with Gasteiger partial charge in [0.1, 0.15) is 12.1 Å². The second-order valence-electron chi connectivity index (χ2n) is 5.57. The van der Waals surface area contributed by atoms with Gasteiger partial charge in [-0.25, -0.2) is 0 Å². The van der Waals surface area contributed by atoms with Gasteiger partial charge in [0.05, 0.1) is 12.3 Å². The predicted octanol–water partition coefficient (Wildman–Crippen LogP) is 2.11. The lowest BCUT2D eigenvalue weighted by Gasteiger charge is -2.35. The lowest BCUT2D eigenvalue weighted by Crippen LogP contribution is -2.36. The van der Waals surface area contributed by atoms with Gasteiger partial charge in [0.15, 0.2) is 5.57 Å². The minimum atomic E-state index is 0.175. The molecule has 21 heavy (non-hydrogen) atoms. The fourth-order valence-electron chi connectivity index (χ4n) is 2.44. The van der Waals surface area contributed by atoms with E-state index in [0.717, 1.165) is 37.3 Å². The highest BCUT2D eigenvalue weighted by atomic mass is 16.5. The molecule has 1 atom stereocenters. The monoisotopic (exact) mass is 288 g/mol. The number of ether oxygens (including phenoxy) is 1. The van der Waals surface area contributed by atoms with Crippen LogP contribution in [0.5, 0.6) is 0 Å². The number of hydrogen-bond donors (Lipinski definition) is 0. The summed E-state index contributed by atoms with van der Waals surface area (Å²) in [4.78, 5) is 4.12. The normalized spacial score (nSPS) is 18.7. The topological polar surface area (TPSA) is 63.3 Å². The molecule has 0 bridgehead atoms. The second-order valence-corrected chi connectivity index (χ2v) is 5.57. The maximum absolute atomic E-state index is 9.22. The molecule has 1 aliphatic rings. The van der Waals surface area contributed by atoms with Gasteiger partial charge in [0.25, 0.3) is 0 Å². The molecule has 0 aromatic rings. The number of hydrogen-bond acceptors (Lipinski definition) is 5. The van der Waals surface area contributed by atoms with Crippen LogP contribution in [-0.4, -0.2) is 50.7 Å². The first-order chi connectivity index (χ1) is 10.0. The fraction of sp³-hybridized carbons (Fsp3) is 0.625. The first-order valence-electron chi connectivity index (χ1n) is 7.17. The maximum atomic E-state index is 9.22. The number of nitriles is 2. The van der Waals surface area contributed by atoms with Gasteiger partial charge in [-0.15, -0.1) is 0 Å². The summed E-state index contributed by atoms with van der Waals surface area (Å²) in [5.74, 6) is 0.449. The minimum absolute atomic E-state index is 0.175. The van der Waals surface area contributed by atoms with E-state index in [2.05, 4.69) is 4.90 Å². The smallest absolute Gasteiger partial charge is 0.152 e. The molecule has 0 aromatic carbocycles. The van der Waals surface area contributed by atoms with Crippen molar-refractivity contribution in [3.8, 4) is 12.1 Å². The standard InChI is InChI=1S/C16H24N4O/c1-13(19(2)3)8-16(15(9-17)10-18)20-7-5-6-14(11-20)12-21-4/h8,14H,5-7,11-12H2,1-4H3/t14-/m0/s1. The van der Waals surface area contributed by atoms with Crippen molar-refractivity contribution in [3.05, 3.63) is 23.0 Å². The van der Waals surface area contributed by atoms with Crippen LogP contribution in [0.2, 0.25) is 0 Å². The van der Waals surface area contributed by atoms with E-state index in [-0.39, 0.29) is 5.57 Å². The van der Waals surface area contributed by atoms with Gasteiger partial charge in [0, 0.05) is 40.0 Å². The summed E-state index contributed by atoms with van der Waals surface area (Å²) in [6.45, 7) is 4.39. The summed E-state index contributed by atoms with van der Waals surface area (Å²) in [6.07, 6.45) is 4.11. The molecular formula is C16H24N4O. The van der Waals surface area contributed by atoms with Crippen LogP contribution in [0.25, 0.3) is 0 Å². The van der Waals surface area contributed by atoms with E-state index in [1.165, 1.54) is 0 Å². The zero-order chi connectivity index (χ0) is 15.8. The summed E-state index contributed by atoms with van der Waals surface area (Å²) in [5, 5.41) is 18.4. The quantitative estimate of drug-likeness (QED) is 0.572. The Labute approximate surface area is 127 Å². The van der Waals surface area contributed by atoms with Gasteiger partial charge in [-0.05, 0) is 31.8 Å². The van der Waals surface area contributed by atoms with E-state index in [0.29, 0.717) is 12.5 Å². The molecule has 0 amide bonds. The SMILES string of the molecule is COC[C@H]1CCCN(C(C=C(C)N(C)C)=C(C#N)C#N)C1. The Morgan fingerprint density at radius 2 is 2.05 bits per heavy atom. The van der Waals surface area contributed by atoms with Crippen molar-refractivity contribution >= 4 is 0 Å². The lowest BCUT2D eigenvalue weighted by molar-refractivity contribution is 0.106. The van der Waals surface area contributed by atoms with Gasteiger partial charge in [-0.2, -0.15) is 10.5 Å². The third-order valence-corrected chi connectivity index (χ3v) is 3.79. The zero-order valence-corrected chi connectivity index (χ0v) is 13.4. The van der Waals surface area contributed by atoms with E-state index < -0.39 is 0 Å². The Kier molecular flexibility index (Phi) is 6.78. The van der Waals surface area contributed by atoms with Crippen molar-refractivity contribution in [1.82, 2.24) is 9.80 Å². The first kappa shape index (κ1) is 17.1. The molecule has 114 valence electrons. The van der Waals surface area contributed by atoms with Crippen molar-refractivity contribution in [2.45, 2.75) is 19.8 Å². The van der Waals surface area contributed by atoms with Crippen LogP contribution in [0.3, 0.4) is 0 Å². The third kappa shape index (κ3) is 4.81. The van der Waals surface area contributed by atoms with Crippen molar-refractivity contribution in [2.24, 2.45) is 5.92 Å². The molecule has 0 spiro atoms. The molecule has 1 aliphatic heterocycles. The maximum Gasteiger partial charge on any atom is 0.152 e. The average molecular weight is 288 g/mol. The summed E-state index contributed by atoms with van der Waals surface area (Å²) in [5.41, 5.74) is 1.92. The average Bonchev–Trinajstić information content (AvgIpc) is 2.47. The van der Waals surface area contributed by atoms with Crippen LogP contribution < -0.4 is 0 Å². The van der Waals surface area contributed by atoms with Crippen LogP contribution >= 0.6 is 0 Å². The molecular weight excluding hydrogens is 264 g/mol. The van der Waals surface area contributed by atoms with E-state index >= 15 is 0 Å². The van der Waals surface area contributed by atoms with Gasteiger partial charge < -0.3 is 14.5 Å². The Hall–Kier alpha value is -1.98. The summed E-state index contributed by atoms with van der Waals surface area (Å²) >= 11 is 0. The Balaban J connectivity index is 3.09. The lowest BCUT2D eigenvalue weighted by atomic mass is 9.97. The molecule has 0 saturated carbocycles. The first-order valence-corrected chi connectivity index (χ1v) is 7.17. The number of likely N-dealkylation sites (tertiary alicyclic amines) is 1. The number of methoxy groups -OCH3 is 1. The Bertz CT molecular complexity index is 475. The molecule has 0 aromatic heterocycles. The largest absolute Gasteiger partial charge is 0.384 e. The van der Waals surface area contributed by atoms with Crippen molar-refractivity contribution in [3.63, 3.8) is 0 Å². The van der Waals surface area contributed by atoms with Crippen molar-refractivity contribution in [1.29, 1.82) is 10.5 Å². The van der Waals surface area contributed by atoms with Crippen LogP contribution in [0.4, 0.5) is 0 Å². The summed E-state index contributed by atoms with van der Waals surface area (Å²) in [7, 11) is 5.61. The highest BCUT2D eigenvalue weighted by Crippen LogP contribution is 2.23. The van der Waals surface area contributed by atoms with Crippen LogP contribution in [0.1, 0.15) is 19.8 Å². The number of allylic oxidation sites excluding steroid dienone is 3. The van der Waals surface area contributed by atoms with Crippen molar-refractivity contribution in [2.75, 3.05) is 40.9 Å². The molecule has 1 heterocycles. The molecule has 1 rings (SSSR count). The molecule has 5 heteroatoms. The van der Waals surface area contributed by atoms with Gasteiger partial charge in [-0.1, -0.05) is 0 Å².